The zero-order chi connectivity index (χ0) is 38.8. The number of allylic oxidation sites excluding steroid dienone is 5. The van der Waals surface area contributed by atoms with Crippen LogP contribution >= 0.6 is 0 Å². The lowest BCUT2D eigenvalue weighted by Crippen LogP contribution is -2.52. The van der Waals surface area contributed by atoms with E-state index in [9.17, 15) is 19.5 Å². The SMILES string of the molecule is C=C(/C=C\C=C/C)[C@H]1CCc2cc(O)ccc2[C@H]1c1ccc(OC2CCN(CC3CCN(c4ccc5c(c4)CN(C4CCC(=O)NC4=O)C5=O)CC3)CC2)cc1. The maximum absolute atomic E-state index is 13.1. The van der Waals surface area contributed by atoms with Crippen LogP contribution in [0.2, 0.25) is 0 Å². The molecule has 9 heteroatoms. The van der Waals surface area contributed by atoms with Crippen molar-refractivity contribution in [3.63, 3.8) is 0 Å². The molecule has 3 aromatic carbocycles. The quantitative estimate of drug-likeness (QED) is 0.166. The van der Waals surface area contributed by atoms with Crippen LogP contribution in [-0.4, -0.2) is 77.5 Å². The minimum atomic E-state index is -0.588. The Balaban J connectivity index is 0.812. The van der Waals surface area contributed by atoms with Crippen molar-refractivity contribution < 1.29 is 24.2 Å². The number of rotatable bonds is 10. The topological polar surface area (TPSA) is 102 Å². The lowest BCUT2D eigenvalue weighted by atomic mass is 9.69. The van der Waals surface area contributed by atoms with Gasteiger partial charge >= 0.3 is 0 Å². The number of piperidine rings is 3. The Bertz CT molecular complexity index is 2020. The Morgan fingerprint density at radius 1 is 0.875 bits per heavy atom. The van der Waals surface area contributed by atoms with Gasteiger partial charge in [-0.3, -0.25) is 19.7 Å². The highest BCUT2D eigenvalue weighted by Crippen LogP contribution is 2.45. The van der Waals surface area contributed by atoms with Crippen molar-refractivity contribution in [2.24, 2.45) is 11.8 Å². The lowest BCUT2D eigenvalue weighted by molar-refractivity contribution is -0.136. The molecule has 9 nitrogen and oxygen atoms in total. The van der Waals surface area contributed by atoms with Gasteiger partial charge in [0.05, 0.1) is 0 Å². The Hall–Kier alpha value is -5.15. The van der Waals surface area contributed by atoms with Crippen molar-refractivity contribution in [3.8, 4) is 11.5 Å². The second-order valence-electron chi connectivity index (χ2n) is 16.3. The summed E-state index contributed by atoms with van der Waals surface area (Å²) in [6.45, 7) is 12.1. The van der Waals surface area contributed by atoms with Crippen LogP contribution in [0.4, 0.5) is 5.69 Å². The fourth-order valence-electron chi connectivity index (χ4n) is 9.68. The van der Waals surface area contributed by atoms with Crippen molar-refractivity contribution in [2.75, 3.05) is 37.6 Å². The molecule has 3 saturated heterocycles. The van der Waals surface area contributed by atoms with E-state index in [2.05, 4.69) is 70.2 Å². The van der Waals surface area contributed by atoms with Crippen LogP contribution in [0.3, 0.4) is 0 Å². The average Bonchev–Trinajstić information content (AvgIpc) is 3.53. The molecule has 2 N–H and O–H groups in total. The molecule has 3 amide bonds. The Morgan fingerprint density at radius 2 is 1.66 bits per heavy atom. The van der Waals surface area contributed by atoms with Gasteiger partial charge in [0, 0.05) is 62.9 Å². The number of phenols is 1. The number of fused-ring (bicyclic) bond motifs is 2. The summed E-state index contributed by atoms with van der Waals surface area (Å²) >= 11 is 0. The van der Waals surface area contributed by atoms with Crippen LogP contribution in [0.15, 0.2) is 97.1 Å². The van der Waals surface area contributed by atoms with Crippen molar-refractivity contribution in [1.29, 1.82) is 0 Å². The number of ether oxygens (including phenoxy) is 1. The first-order chi connectivity index (χ1) is 27.2. The van der Waals surface area contributed by atoms with E-state index in [0.717, 1.165) is 93.8 Å². The normalized spacial score (nSPS) is 23.8. The van der Waals surface area contributed by atoms with Gasteiger partial charge < -0.3 is 24.5 Å². The van der Waals surface area contributed by atoms with Gasteiger partial charge in [-0.05, 0) is 128 Å². The standard InChI is InChI=1S/C47H54N4O5/c1-3-4-5-6-31(2)40-14-9-34-28-37(52)11-16-41(34)45(40)33-7-12-38(13-8-33)56-39-21-23-49(24-22-39)29-32-19-25-50(26-20-32)36-10-15-42-35(27-36)30-51(47(42)55)43-17-18-44(53)48-46(43)54/h3-8,10-13,15-16,27-28,32,39-40,43,45,52H,2,9,14,17-26,29-30H2,1H3,(H,48,53,54)/b4-3-,6-5-/t40-,43?,45+/m1/s1. The van der Waals surface area contributed by atoms with Crippen LogP contribution in [0.5, 0.6) is 11.5 Å². The van der Waals surface area contributed by atoms with Gasteiger partial charge in [0.2, 0.25) is 11.8 Å². The predicted molar refractivity (Wildman–Crippen MR) is 219 cm³/mol. The first kappa shape index (κ1) is 37.8. The molecule has 1 unspecified atom stereocenters. The van der Waals surface area contributed by atoms with Gasteiger partial charge in [-0.25, -0.2) is 0 Å². The highest BCUT2D eigenvalue weighted by Gasteiger charge is 2.39. The number of nitrogens with one attached hydrogen (secondary N) is 1. The molecule has 0 radical (unpaired) electrons. The molecule has 0 saturated carbocycles. The molecular formula is C47H54N4O5. The maximum atomic E-state index is 13.1. The third-order valence-corrected chi connectivity index (χ3v) is 12.8. The average molecular weight is 755 g/mol. The number of hydrogen-bond donors (Lipinski definition) is 2. The monoisotopic (exact) mass is 754 g/mol. The Labute approximate surface area is 330 Å². The van der Waals surface area contributed by atoms with E-state index >= 15 is 0 Å². The molecule has 1 aliphatic carbocycles. The van der Waals surface area contributed by atoms with Crippen LogP contribution in [0, 0.1) is 11.8 Å². The number of carbonyl (C=O) groups is 3. The zero-order valence-corrected chi connectivity index (χ0v) is 32.5. The second kappa shape index (κ2) is 16.5. The highest BCUT2D eigenvalue weighted by molar-refractivity contribution is 6.05. The fourth-order valence-corrected chi connectivity index (χ4v) is 9.68. The summed E-state index contributed by atoms with van der Waals surface area (Å²) in [5.74, 6) is 1.58. The first-order valence-electron chi connectivity index (χ1n) is 20.6. The summed E-state index contributed by atoms with van der Waals surface area (Å²) in [7, 11) is 0. The fraction of sp³-hybridized carbons (Fsp3) is 0.426. The summed E-state index contributed by atoms with van der Waals surface area (Å²) < 4.78 is 6.55. The van der Waals surface area contributed by atoms with E-state index in [1.807, 2.05) is 43.3 Å². The number of amides is 3. The molecule has 292 valence electrons. The third kappa shape index (κ3) is 8.05. The molecule has 3 atom stereocenters. The summed E-state index contributed by atoms with van der Waals surface area (Å²) in [6, 6.07) is 20.0. The van der Waals surface area contributed by atoms with Crippen molar-refractivity contribution in [1.82, 2.24) is 15.1 Å². The molecule has 0 spiro atoms. The molecule has 3 aromatic rings. The number of likely N-dealkylation sites (tertiary alicyclic amines) is 1. The first-order valence-corrected chi connectivity index (χ1v) is 20.6. The summed E-state index contributed by atoms with van der Waals surface area (Å²) in [5, 5.41) is 12.6. The molecule has 4 heterocycles. The molecule has 3 fully saturated rings. The number of nitrogens with zero attached hydrogens (tertiary/aromatic N) is 3. The van der Waals surface area contributed by atoms with Crippen LogP contribution in [-0.2, 0) is 22.6 Å². The van der Waals surface area contributed by atoms with Crippen LogP contribution in [0.1, 0.15) is 90.4 Å². The minimum absolute atomic E-state index is 0.124. The third-order valence-electron chi connectivity index (χ3n) is 12.8. The van der Waals surface area contributed by atoms with Crippen molar-refractivity contribution >= 4 is 23.4 Å². The Kier molecular flexibility index (Phi) is 11.1. The van der Waals surface area contributed by atoms with Gasteiger partial charge in [-0.15, -0.1) is 0 Å². The minimum Gasteiger partial charge on any atom is -0.508 e. The van der Waals surface area contributed by atoms with E-state index in [1.165, 1.54) is 16.7 Å². The number of phenolic OH excluding ortho intramolecular Hbond substituents is 1. The van der Waals surface area contributed by atoms with Gasteiger partial charge in [0.25, 0.3) is 5.91 Å². The Morgan fingerprint density at radius 3 is 2.41 bits per heavy atom. The number of aromatic hydroxyl groups is 1. The number of hydrogen-bond acceptors (Lipinski definition) is 7. The number of anilines is 1. The van der Waals surface area contributed by atoms with Crippen molar-refractivity contribution in [2.45, 2.75) is 82.9 Å². The molecular weight excluding hydrogens is 701 g/mol. The molecule has 0 aromatic heterocycles. The number of aryl methyl sites for hydroxylation is 1. The van der Waals surface area contributed by atoms with E-state index < -0.39 is 6.04 Å². The van der Waals surface area contributed by atoms with E-state index in [4.69, 9.17) is 4.74 Å². The van der Waals surface area contributed by atoms with Crippen LogP contribution < -0.4 is 15.0 Å². The lowest BCUT2D eigenvalue weighted by Gasteiger charge is -2.38. The summed E-state index contributed by atoms with van der Waals surface area (Å²) in [6.07, 6.45) is 15.3. The summed E-state index contributed by atoms with van der Waals surface area (Å²) in [5.41, 5.74) is 7.62. The maximum Gasteiger partial charge on any atom is 0.255 e. The number of benzene rings is 3. The van der Waals surface area contributed by atoms with Gasteiger partial charge in [0.15, 0.2) is 0 Å². The largest absolute Gasteiger partial charge is 0.508 e. The van der Waals surface area contributed by atoms with Gasteiger partial charge in [-0.2, -0.15) is 0 Å². The van der Waals surface area contributed by atoms with Gasteiger partial charge in [-0.1, -0.05) is 54.7 Å². The van der Waals surface area contributed by atoms with E-state index in [-0.39, 0.29) is 42.1 Å². The van der Waals surface area contributed by atoms with Crippen molar-refractivity contribution in [3.05, 3.63) is 125 Å². The zero-order valence-electron chi connectivity index (χ0n) is 32.5. The molecule has 5 aliphatic rings. The smallest absolute Gasteiger partial charge is 0.255 e. The predicted octanol–water partition coefficient (Wildman–Crippen LogP) is 7.30. The van der Waals surface area contributed by atoms with E-state index in [0.29, 0.717) is 30.2 Å². The summed E-state index contributed by atoms with van der Waals surface area (Å²) in [4.78, 5) is 43.9. The highest BCUT2D eigenvalue weighted by atomic mass is 16.5. The molecule has 4 aliphatic heterocycles. The van der Waals surface area contributed by atoms with Gasteiger partial charge in [0.1, 0.15) is 23.6 Å². The number of imide groups is 1. The van der Waals surface area contributed by atoms with Crippen LogP contribution in [0.25, 0.3) is 0 Å². The van der Waals surface area contributed by atoms with E-state index in [1.54, 1.807) is 4.90 Å². The molecule has 56 heavy (non-hydrogen) atoms. The molecule has 0 bridgehead atoms. The number of carbonyl (C=O) groups excluding carboxylic acids is 3. The molecule has 8 rings (SSSR count). The second-order valence-corrected chi connectivity index (χ2v) is 16.3.